The zero-order valence-electron chi connectivity index (χ0n) is 15.4. The number of alkyl halides is 7. The monoisotopic (exact) mass is 439 g/mol. The average Bonchev–Trinajstić information content (AvgIpc) is 2.97. The molecule has 3 rings (SSSR count). The van der Waals surface area contributed by atoms with Gasteiger partial charge in [-0.05, 0) is 30.7 Å². The molecule has 2 aromatic rings. The molecule has 0 spiro atoms. The number of benzene rings is 1. The van der Waals surface area contributed by atoms with Gasteiger partial charge in [-0.15, -0.1) is 0 Å². The molecule has 1 aromatic carbocycles. The highest BCUT2D eigenvalue weighted by molar-refractivity contribution is 5.97. The summed E-state index contributed by atoms with van der Waals surface area (Å²) >= 11 is 0. The quantitative estimate of drug-likeness (QED) is 0.694. The molecule has 1 aliphatic rings. The van der Waals surface area contributed by atoms with E-state index in [1.807, 2.05) is 0 Å². The zero-order chi connectivity index (χ0) is 22.3. The summed E-state index contributed by atoms with van der Waals surface area (Å²) in [4.78, 5) is 16.1. The first kappa shape index (κ1) is 22.1. The van der Waals surface area contributed by atoms with E-state index in [-0.39, 0.29) is 23.2 Å². The smallest absolute Gasteiger partial charge is 0.418 e. The molecule has 1 atom stereocenters. The molecule has 0 saturated carbocycles. The summed E-state index contributed by atoms with van der Waals surface area (Å²) in [7, 11) is 0. The number of amides is 1. The van der Waals surface area contributed by atoms with Crippen molar-refractivity contribution in [3.63, 3.8) is 0 Å². The van der Waals surface area contributed by atoms with Gasteiger partial charge in [-0.25, -0.2) is 13.8 Å². The Balaban J connectivity index is 1.92. The Kier molecular flexibility index (Phi) is 5.81. The Morgan fingerprint density at radius 1 is 1.33 bits per heavy atom. The van der Waals surface area contributed by atoms with Gasteiger partial charge in [0.15, 0.2) is 0 Å². The molecular formula is C18H16F7N3O2. The molecule has 1 saturated heterocycles. The number of carbonyl (C=O) groups is 1. The number of rotatable bonds is 5. The van der Waals surface area contributed by atoms with Crippen molar-refractivity contribution in [3.05, 3.63) is 35.0 Å². The maximum Gasteiger partial charge on any atom is 0.418 e. The Bertz CT molecular complexity index is 963. The van der Waals surface area contributed by atoms with Gasteiger partial charge in [0.2, 0.25) is 0 Å². The Labute approximate surface area is 165 Å². The summed E-state index contributed by atoms with van der Waals surface area (Å²) in [5.74, 6) is -4.44. The highest BCUT2D eigenvalue weighted by Gasteiger charge is 2.39. The van der Waals surface area contributed by atoms with Crippen LogP contribution in [0.5, 0.6) is 5.75 Å². The maximum absolute atomic E-state index is 13.5. The third-order valence-corrected chi connectivity index (χ3v) is 4.56. The Hall–Kier alpha value is -2.63. The predicted molar refractivity (Wildman–Crippen MR) is 91.8 cm³/mol. The number of carbonyl (C=O) groups excluding carboxylic acids is 1. The van der Waals surface area contributed by atoms with Crippen LogP contribution in [0.3, 0.4) is 0 Å². The van der Waals surface area contributed by atoms with Gasteiger partial charge in [-0.3, -0.25) is 4.79 Å². The standard InChI is InChI=1S/C18H16F7N3O2/c1-8-2-13(15(29)26-6-9-5-17(21,22)7-27-9)28-14-11(8)3-10(30-16(19)20)4-12(14)18(23,24)25/h2-4,9,16,27H,5-7H2,1H3,(H,26,29)/t9-/m1/s1. The van der Waals surface area contributed by atoms with Gasteiger partial charge in [-0.1, -0.05) is 0 Å². The van der Waals surface area contributed by atoms with E-state index in [0.717, 1.165) is 6.07 Å². The normalized spacial score (nSPS) is 18.8. The molecule has 0 unspecified atom stereocenters. The first-order valence-electron chi connectivity index (χ1n) is 8.72. The highest BCUT2D eigenvalue weighted by atomic mass is 19.4. The van der Waals surface area contributed by atoms with Crippen molar-refractivity contribution in [2.45, 2.75) is 38.1 Å². The van der Waals surface area contributed by atoms with Crippen LogP contribution in [0.25, 0.3) is 10.9 Å². The number of aryl methyl sites for hydroxylation is 1. The number of hydrogen-bond acceptors (Lipinski definition) is 4. The fourth-order valence-corrected chi connectivity index (χ4v) is 3.22. The Morgan fingerprint density at radius 2 is 2.03 bits per heavy atom. The van der Waals surface area contributed by atoms with E-state index in [4.69, 9.17) is 0 Å². The molecule has 1 fully saturated rings. The molecule has 0 aliphatic carbocycles. The third kappa shape index (κ3) is 4.91. The van der Waals surface area contributed by atoms with Crippen molar-refractivity contribution in [2.24, 2.45) is 0 Å². The van der Waals surface area contributed by atoms with Crippen molar-refractivity contribution in [2.75, 3.05) is 13.1 Å². The Morgan fingerprint density at radius 3 is 2.60 bits per heavy atom. The fourth-order valence-electron chi connectivity index (χ4n) is 3.22. The highest BCUT2D eigenvalue weighted by Crippen LogP contribution is 2.38. The molecule has 2 N–H and O–H groups in total. The largest absolute Gasteiger partial charge is 0.435 e. The van der Waals surface area contributed by atoms with Gasteiger partial charge in [0.1, 0.15) is 11.4 Å². The lowest BCUT2D eigenvalue weighted by molar-refractivity contribution is -0.136. The van der Waals surface area contributed by atoms with Gasteiger partial charge in [0.25, 0.3) is 11.8 Å². The molecule has 164 valence electrons. The lowest BCUT2D eigenvalue weighted by atomic mass is 10.0. The van der Waals surface area contributed by atoms with Crippen molar-refractivity contribution >= 4 is 16.8 Å². The van der Waals surface area contributed by atoms with Crippen LogP contribution in [-0.2, 0) is 6.18 Å². The van der Waals surface area contributed by atoms with Crippen LogP contribution in [-0.4, -0.2) is 42.6 Å². The van der Waals surface area contributed by atoms with Crippen molar-refractivity contribution in [1.29, 1.82) is 0 Å². The number of ether oxygens (including phenoxy) is 1. The number of fused-ring (bicyclic) bond motifs is 1. The second-order valence-electron chi connectivity index (χ2n) is 6.92. The first-order chi connectivity index (χ1) is 13.9. The first-order valence-corrected chi connectivity index (χ1v) is 8.72. The van der Waals surface area contributed by atoms with Crippen molar-refractivity contribution in [1.82, 2.24) is 15.6 Å². The van der Waals surface area contributed by atoms with Crippen LogP contribution >= 0.6 is 0 Å². The van der Waals surface area contributed by atoms with E-state index in [1.54, 1.807) is 0 Å². The van der Waals surface area contributed by atoms with E-state index in [2.05, 4.69) is 20.4 Å². The van der Waals surface area contributed by atoms with Crippen LogP contribution in [0.4, 0.5) is 30.7 Å². The van der Waals surface area contributed by atoms with E-state index >= 15 is 0 Å². The predicted octanol–water partition coefficient (Wildman–Crippen LogP) is 3.89. The summed E-state index contributed by atoms with van der Waals surface area (Å²) in [6, 6.07) is 1.85. The number of nitrogens with zero attached hydrogens (tertiary/aromatic N) is 1. The third-order valence-electron chi connectivity index (χ3n) is 4.56. The van der Waals surface area contributed by atoms with Gasteiger partial charge in [-0.2, -0.15) is 22.0 Å². The lowest BCUT2D eigenvalue weighted by Gasteiger charge is -2.16. The number of nitrogens with one attached hydrogen (secondary N) is 2. The summed E-state index contributed by atoms with van der Waals surface area (Å²) in [6.07, 6.45) is -5.43. The average molecular weight is 439 g/mol. The minimum Gasteiger partial charge on any atom is -0.435 e. The summed E-state index contributed by atoms with van der Waals surface area (Å²) < 4.78 is 95.8. The summed E-state index contributed by atoms with van der Waals surface area (Å²) in [5, 5.41) is 4.78. The van der Waals surface area contributed by atoms with Crippen LogP contribution < -0.4 is 15.4 Å². The van der Waals surface area contributed by atoms with Crippen LogP contribution in [0.2, 0.25) is 0 Å². The van der Waals surface area contributed by atoms with Crippen LogP contribution in [0.15, 0.2) is 18.2 Å². The van der Waals surface area contributed by atoms with E-state index in [0.29, 0.717) is 6.07 Å². The van der Waals surface area contributed by atoms with Gasteiger partial charge < -0.3 is 15.4 Å². The summed E-state index contributed by atoms with van der Waals surface area (Å²) in [5.41, 5.74) is -2.15. The van der Waals surface area contributed by atoms with Gasteiger partial charge in [0.05, 0.1) is 17.6 Å². The van der Waals surface area contributed by atoms with Crippen molar-refractivity contribution in [3.8, 4) is 5.75 Å². The van der Waals surface area contributed by atoms with E-state index in [9.17, 15) is 35.5 Å². The van der Waals surface area contributed by atoms with Crippen LogP contribution in [0.1, 0.15) is 28.0 Å². The SMILES string of the molecule is Cc1cc(C(=O)NC[C@H]2CC(F)(F)CN2)nc2c(C(F)(F)F)cc(OC(F)F)cc12. The number of halogens is 7. The van der Waals surface area contributed by atoms with E-state index < -0.39 is 60.5 Å². The van der Waals surface area contributed by atoms with Gasteiger partial charge >= 0.3 is 12.8 Å². The molecular weight excluding hydrogens is 423 g/mol. The molecule has 1 aromatic heterocycles. The maximum atomic E-state index is 13.5. The lowest BCUT2D eigenvalue weighted by Crippen LogP contribution is -2.37. The molecule has 5 nitrogen and oxygen atoms in total. The number of aromatic nitrogens is 1. The fraction of sp³-hybridized carbons (Fsp3) is 0.444. The number of hydrogen-bond donors (Lipinski definition) is 2. The molecule has 2 heterocycles. The van der Waals surface area contributed by atoms with Crippen molar-refractivity contribution < 1.29 is 40.3 Å². The minimum absolute atomic E-state index is 0.117. The molecule has 0 radical (unpaired) electrons. The molecule has 1 aliphatic heterocycles. The molecule has 0 bridgehead atoms. The second-order valence-corrected chi connectivity index (χ2v) is 6.92. The topological polar surface area (TPSA) is 63.2 Å². The van der Waals surface area contributed by atoms with Gasteiger partial charge in [0, 0.05) is 24.4 Å². The molecule has 1 amide bonds. The van der Waals surface area contributed by atoms with E-state index in [1.165, 1.54) is 13.0 Å². The zero-order valence-corrected chi connectivity index (χ0v) is 15.4. The molecule has 12 heteroatoms. The second kappa shape index (κ2) is 7.89. The molecule has 30 heavy (non-hydrogen) atoms. The number of pyridine rings is 1. The summed E-state index contributed by atoms with van der Waals surface area (Å²) in [6.45, 7) is -2.63. The minimum atomic E-state index is -4.95. The van der Waals surface area contributed by atoms with Crippen LogP contribution in [0, 0.1) is 6.92 Å².